The van der Waals surface area contributed by atoms with Gasteiger partial charge in [0.1, 0.15) is 24.5 Å². The highest BCUT2D eigenvalue weighted by atomic mass is 35.6. The largest absolute Gasteiger partial charge is 0.460 e. The second kappa shape index (κ2) is 16.7. The average Bonchev–Trinajstić information content (AvgIpc) is 3.00. The minimum absolute atomic E-state index is 0.0354. The molecule has 246 valence electrons. The van der Waals surface area contributed by atoms with Crippen LogP contribution in [0.5, 0.6) is 0 Å². The summed E-state index contributed by atoms with van der Waals surface area (Å²) in [5.41, 5.74) is 6.26. The number of nitrogens with zero attached hydrogens (tertiary/aromatic N) is 2. The molecule has 1 saturated heterocycles. The van der Waals surface area contributed by atoms with E-state index in [-0.39, 0.29) is 24.5 Å². The molecular formula is C32H41Cl3N4O6. The summed E-state index contributed by atoms with van der Waals surface area (Å²) in [5.74, 6) is -2.31. The maximum absolute atomic E-state index is 13.2. The van der Waals surface area contributed by atoms with Crippen molar-refractivity contribution in [3.05, 3.63) is 53.9 Å². The number of ether oxygens (including phenoxy) is 1. The lowest BCUT2D eigenvalue weighted by molar-refractivity contribution is -0.153. The molecule has 1 aliphatic heterocycles. The fourth-order valence-electron chi connectivity index (χ4n) is 4.95. The van der Waals surface area contributed by atoms with Crippen molar-refractivity contribution in [1.29, 1.82) is 0 Å². The summed E-state index contributed by atoms with van der Waals surface area (Å²) in [6.07, 6.45) is 2.83. The van der Waals surface area contributed by atoms with Gasteiger partial charge >= 0.3 is 5.97 Å². The van der Waals surface area contributed by atoms with Crippen LogP contribution in [0.15, 0.2) is 42.6 Å². The van der Waals surface area contributed by atoms with Crippen LogP contribution in [-0.4, -0.2) is 67.7 Å². The Morgan fingerprint density at radius 1 is 1.11 bits per heavy atom. The van der Waals surface area contributed by atoms with Gasteiger partial charge in [-0.3, -0.25) is 29.2 Å². The first-order valence-corrected chi connectivity index (χ1v) is 16.1. The molecule has 4 atom stereocenters. The third-order valence-corrected chi connectivity index (χ3v) is 7.95. The van der Waals surface area contributed by atoms with E-state index in [4.69, 9.17) is 39.5 Å². The van der Waals surface area contributed by atoms with Gasteiger partial charge < -0.3 is 15.2 Å². The molecule has 0 radical (unpaired) electrons. The lowest BCUT2D eigenvalue weighted by atomic mass is 9.88. The predicted molar refractivity (Wildman–Crippen MR) is 173 cm³/mol. The van der Waals surface area contributed by atoms with Crippen LogP contribution in [0, 0.1) is 11.8 Å². The van der Waals surface area contributed by atoms with E-state index in [0.29, 0.717) is 25.8 Å². The van der Waals surface area contributed by atoms with Gasteiger partial charge in [0.25, 0.3) is 5.91 Å². The van der Waals surface area contributed by atoms with Gasteiger partial charge in [-0.25, -0.2) is 5.43 Å². The number of alkyl halides is 3. The number of aliphatic hydroxyl groups excluding tert-OH is 1. The number of Topliss-reactive ketones (excluding diaryl/α,β-unsaturated/α-hetero) is 1. The van der Waals surface area contributed by atoms with Crippen molar-refractivity contribution in [2.45, 2.75) is 81.8 Å². The number of ketones is 1. The summed E-state index contributed by atoms with van der Waals surface area (Å²) in [7, 11) is 0. The molecule has 2 aromatic rings. The summed E-state index contributed by atoms with van der Waals surface area (Å²) in [4.78, 5) is 56.1. The summed E-state index contributed by atoms with van der Waals surface area (Å²) in [6.45, 7) is 6.90. The van der Waals surface area contributed by atoms with Crippen LogP contribution < -0.4 is 10.7 Å². The van der Waals surface area contributed by atoms with E-state index >= 15 is 0 Å². The zero-order valence-corrected chi connectivity index (χ0v) is 28.2. The number of amides is 2. The number of esters is 1. The van der Waals surface area contributed by atoms with E-state index in [9.17, 15) is 24.3 Å². The van der Waals surface area contributed by atoms with Gasteiger partial charge in [0.2, 0.25) is 9.70 Å². The topological polar surface area (TPSA) is 138 Å². The van der Waals surface area contributed by atoms with Crippen molar-refractivity contribution in [3.63, 3.8) is 0 Å². The van der Waals surface area contributed by atoms with Crippen molar-refractivity contribution >= 4 is 58.4 Å². The van der Waals surface area contributed by atoms with Gasteiger partial charge in [0.05, 0.1) is 6.10 Å². The zero-order valence-electron chi connectivity index (χ0n) is 25.9. The highest BCUT2D eigenvalue weighted by Crippen LogP contribution is 2.27. The van der Waals surface area contributed by atoms with Crippen LogP contribution in [0.2, 0.25) is 0 Å². The molecule has 13 heteroatoms. The van der Waals surface area contributed by atoms with Crippen LogP contribution in [0.25, 0.3) is 11.1 Å². The van der Waals surface area contributed by atoms with Crippen LogP contribution >= 0.6 is 34.8 Å². The monoisotopic (exact) mass is 682 g/mol. The number of aromatic nitrogens is 1. The zero-order chi connectivity index (χ0) is 33.3. The van der Waals surface area contributed by atoms with Crippen molar-refractivity contribution in [2.75, 3.05) is 13.2 Å². The predicted octanol–water partition coefficient (Wildman–Crippen LogP) is 4.88. The number of rotatable bonds is 13. The summed E-state index contributed by atoms with van der Waals surface area (Å²) < 4.78 is 3.28. The number of carbonyl (C=O) groups is 4. The van der Waals surface area contributed by atoms with Gasteiger partial charge in [-0.05, 0) is 62.3 Å². The van der Waals surface area contributed by atoms with Crippen LogP contribution in [0.1, 0.15) is 70.7 Å². The number of carbonyl (C=O) groups excluding carboxylic acids is 4. The molecule has 1 aromatic heterocycles. The average molecular weight is 684 g/mol. The van der Waals surface area contributed by atoms with Gasteiger partial charge in [-0.15, -0.1) is 0 Å². The summed E-state index contributed by atoms with van der Waals surface area (Å²) >= 11 is 16.9. The van der Waals surface area contributed by atoms with E-state index < -0.39 is 52.3 Å². The number of hydrazine groups is 1. The number of aryl methyl sites for hydroxylation is 1. The Morgan fingerprint density at radius 2 is 1.84 bits per heavy atom. The number of nitrogens with one attached hydrogen (secondary N) is 2. The molecule has 3 N–H and O–H groups in total. The van der Waals surface area contributed by atoms with Crippen molar-refractivity contribution in [2.24, 2.45) is 11.8 Å². The molecule has 2 amide bonds. The third-order valence-electron chi connectivity index (χ3n) is 7.62. The number of benzene rings is 1. The van der Waals surface area contributed by atoms with Crippen LogP contribution in [0.4, 0.5) is 0 Å². The molecular weight excluding hydrogens is 643 g/mol. The number of aliphatic hydroxyl groups is 1. The fourth-order valence-corrected chi connectivity index (χ4v) is 5.12. The fraction of sp³-hybridized carbons (Fsp3) is 0.531. The minimum Gasteiger partial charge on any atom is -0.460 e. The summed E-state index contributed by atoms with van der Waals surface area (Å²) in [6, 6.07) is 9.73. The quantitative estimate of drug-likeness (QED) is 0.201. The van der Waals surface area contributed by atoms with Crippen molar-refractivity contribution in [1.82, 2.24) is 20.7 Å². The molecule has 0 bridgehead atoms. The Hall–Kier alpha value is -2.76. The lowest BCUT2D eigenvalue weighted by Gasteiger charge is -2.34. The van der Waals surface area contributed by atoms with E-state index in [2.05, 4.69) is 15.7 Å². The molecule has 45 heavy (non-hydrogen) atoms. The first-order valence-electron chi connectivity index (χ1n) is 15.0. The Labute approximate surface area is 279 Å². The first-order chi connectivity index (χ1) is 21.1. The molecule has 1 aromatic carbocycles. The maximum atomic E-state index is 13.2. The van der Waals surface area contributed by atoms with E-state index in [1.807, 2.05) is 50.2 Å². The van der Waals surface area contributed by atoms with E-state index in [1.165, 1.54) is 5.01 Å². The number of pyridine rings is 1. The standard InChI is InChI=1S/C32H41Cl3N4O6/c1-19(2)27(16-26(41)13-12-25-11-10-24(17-36-25)23-8-5-7-22(15-23)21(4)40)29(42)37-20(3)30(43)39-14-6-9-28(38-39)31(44)45-18-32(33,34)35/h5,7-8,10-11,15,17,19-21,27-28,38,40H,6,9,12-14,16,18H2,1-4H3,(H,37,42)/t20-,21+,27-,28-/m0/s1. The Balaban J connectivity index is 1.50. The first kappa shape index (κ1) is 36.7. The minimum atomic E-state index is -1.75. The molecule has 1 fully saturated rings. The second-order valence-corrected chi connectivity index (χ2v) is 14.2. The number of hydrogen-bond donors (Lipinski definition) is 3. The second-order valence-electron chi connectivity index (χ2n) is 11.7. The summed E-state index contributed by atoms with van der Waals surface area (Å²) in [5, 5.41) is 13.9. The highest BCUT2D eigenvalue weighted by Gasteiger charge is 2.34. The third kappa shape index (κ3) is 11.5. The van der Waals surface area contributed by atoms with Gasteiger partial charge in [0, 0.05) is 42.8 Å². The molecule has 3 rings (SSSR count). The van der Waals surface area contributed by atoms with Gasteiger partial charge in [-0.1, -0.05) is 72.9 Å². The van der Waals surface area contributed by atoms with Crippen LogP contribution in [0.3, 0.4) is 0 Å². The van der Waals surface area contributed by atoms with Crippen LogP contribution in [-0.2, 0) is 30.3 Å². The molecule has 0 spiro atoms. The van der Waals surface area contributed by atoms with Crippen molar-refractivity contribution < 1.29 is 29.0 Å². The molecule has 0 aliphatic carbocycles. The Kier molecular flexibility index (Phi) is 13.6. The normalized spacial score (nSPS) is 17.4. The molecule has 1 aliphatic rings. The maximum Gasteiger partial charge on any atom is 0.325 e. The van der Waals surface area contributed by atoms with Gasteiger partial charge in [-0.2, -0.15) is 0 Å². The van der Waals surface area contributed by atoms with Crippen molar-refractivity contribution in [3.8, 4) is 11.1 Å². The SMILES string of the molecule is CC(C)[C@H](CC(=O)CCc1ccc(-c2cccc([C@@H](C)O)c2)cn1)C(=O)N[C@@H](C)C(=O)N1CCC[C@@H](C(=O)OCC(Cl)(Cl)Cl)N1. The van der Waals surface area contributed by atoms with E-state index in [0.717, 1.165) is 22.4 Å². The van der Waals surface area contributed by atoms with E-state index in [1.54, 1.807) is 20.0 Å². The Morgan fingerprint density at radius 3 is 2.47 bits per heavy atom. The lowest BCUT2D eigenvalue weighted by Crippen LogP contribution is -2.59. The number of halogens is 3. The Bertz CT molecular complexity index is 1330. The molecule has 2 heterocycles. The molecule has 0 unspecified atom stereocenters. The number of hydrogen-bond acceptors (Lipinski definition) is 8. The molecule has 0 saturated carbocycles. The molecule has 10 nitrogen and oxygen atoms in total. The van der Waals surface area contributed by atoms with Gasteiger partial charge in [0.15, 0.2) is 0 Å². The highest BCUT2D eigenvalue weighted by molar-refractivity contribution is 6.67. The smallest absolute Gasteiger partial charge is 0.325 e.